The fraction of sp³-hybridized carbons (Fsp3) is 0.0870. The maximum absolute atomic E-state index is 14.0. The lowest BCUT2D eigenvalue weighted by Crippen LogP contribution is -2.45. The molecular weight excluding hydrogens is 437 g/mol. The lowest BCUT2D eigenvalue weighted by atomic mass is 10.0. The van der Waals surface area contributed by atoms with E-state index in [0.29, 0.717) is 17.1 Å². The van der Waals surface area contributed by atoms with Gasteiger partial charge in [0.25, 0.3) is 5.91 Å². The van der Waals surface area contributed by atoms with Gasteiger partial charge in [0.2, 0.25) is 0 Å². The van der Waals surface area contributed by atoms with Crippen molar-refractivity contribution in [3.63, 3.8) is 0 Å². The number of thiocarbonyl (C=S) groups is 1. The summed E-state index contributed by atoms with van der Waals surface area (Å²) in [6, 6.07) is 17.4. The number of carbonyl (C=O) groups is 2. The molecule has 1 aliphatic rings. The number of hydrogen-bond donors (Lipinski definition) is 1. The van der Waals surface area contributed by atoms with Crippen molar-refractivity contribution in [2.75, 3.05) is 0 Å². The van der Waals surface area contributed by atoms with Crippen LogP contribution in [-0.4, -0.2) is 32.2 Å². The van der Waals surface area contributed by atoms with Crippen LogP contribution in [0.15, 0.2) is 76.1 Å². The highest BCUT2D eigenvalue weighted by Crippen LogP contribution is 2.35. The summed E-state index contributed by atoms with van der Waals surface area (Å²) >= 11 is 6.32. The molecular formula is C23H16FNO4S2. The number of carboxylic acids is 1. The maximum atomic E-state index is 14.0. The fourth-order valence-electron chi connectivity index (χ4n) is 3.24. The van der Waals surface area contributed by atoms with E-state index in [0.717, 1.165) is 22.2 Å². The third kappa shape index (κ3) is 4.45. The molecule has 5 nitrogen and oxygen atoms in total. The molecule has 0 spiro atoms. The van der Waals surface area contributed by atoms with Gasteiger partial charge in [-0.2, -0.15) is 0 Å². The number of rotatable bonds is 6. The van der Waals surface area contributed by atoms with Crippen LogP contribution in [0.1, 0.15) is 11.3 Å². The molecule has 1 amide bonds. The predicted molar refractivity (Wildman–Crippen MR) is 121 cm³/mol. The molecule has 1 N–H and O–H groups in total. The summed E-state index contributed by atoms with van der Waals surface area (Å²) in [4.78, 5) is 26.3. The van der Waals surface area contributed by atoms with Gasteiger partial charge < -0.3 is 9.52 Å². The van der Waals surface area contributed by atoms with Gasteiger partial charge in [-0.1, -0.05) is 66.4 Å². The Morgan fingerprint density at radius 1 is 1.13 bits per heavy atom. The summed E-state index contributed by atoms with van der Waals surface area (Å²) in [6.07, 6.45) is 1.62. The zero-order valence-electron chi connectivity index (χ0n) is 16.0. The van der Waals surface area contributed by atoms with Crippen LogP contribution < -0.4 is 0 Å². The molecule has 0 radical (unpaired) electrons. The van der Waals surface area contributed by atoms with Gasteiger partial charge in [-0.3, -0.25) is 9.69 Å². The lowest BCUT2D eigenvalue weighted by Gasteiger charge is -2.23. The summed E-state index contributed by atoms with van der Waals surface area (Å²) in [5.41, 5.74) is 1.09. The number of amides is 1. The highest BCUT2D eigenvalue weighted by atomic mass is 32.2. The fourth-order valence-corrected chi connectivity index (χ4v) is 4.58. The normalized spacial score (nSPS) is 16.2. The second-order valence-corrected chi connectivity index (χ2v) is 8.45. The van der Waals surface area contributed by atoms with Crippen molar-refractivity contribution >= 4 is 46.3 Å². The van der Waals surface area contributed by atoms with Crippen LogP contribution in [0.4, 0.5) is 4.39 Å². The van der Waals surface area contributed by atoms with Gasteiger partial charge in [-0.15, -0.1) is 0 Å². The highest BCUT2D eigenvalue weighted by molar-refractivity contribution is 8.26. The highest BCUT2D eigenvalue weighted by Gasteiger charge is 2.40. The van der Waals surface area contributed by atoms with Crippen molar-refractivity contribution in [3.05, 3.63) is 88.8 Å². The van der Waals surface area contributed by atoms with Crippen LogP contribution in [0, 0.1) is 5.82 Å². The van der Waals surface area contributed by atoms with Gasteiger partial charge in [0, 0.05) is 12.5 Å². The molecule has 1 aromatic heterocycles. The van der Waals surface area contributed by atoms with Crippen molar-refractivity contribution in [1.29, 1.82) is 0 Å². The standard InChI is InChI=1S/C23H16FNO4S2/c24-17-9-5-4-8-16(17)19-11-10-15(29-19)13-20-21(26)25(23(30)31-20)18(22(27)28)12-14-6-2-1-3-7-14/h1-11,13,18H,12H2,(H,27,28)/b20-13+/t18-/m0/s1. The molecule has 1 aliphatic heterocycles. The summed E-state index contributed by atoms with van der Waals surface area (Å²) in [5, 5.41) is 9.73. The molecule has 4 rings (SSSR count). The van der Waals surface area contributed by atoms with Crippen LogP contribution in [0.2, 0.25) is 0 Å². The van der Waals surface area contributed by atoms with Crippen molar-refractivity contribution in [3.8, 4) is 11.3 Å². The number of halogens is 1. The van der Waals surface area contributed by atoms with E-state index >= 15 is 0 Å². The minimum absolute atomic E-state index is 0.133. The molecule has 8 heteroatoms. The van der Waals surface area contributed by atoms with Crippen LogP contribution in [0.5, 0.6) is 0 Å². The molecule has 156 valence electrons. The van der Waals surface area contributed by atoms with E-state index in [9.17, 15) is 19.1 Å². The molecule has 2 aromatic carbocycles. The van der Waals surface area contributed by atoms with Crippen molar-refractivity contribution < 1.29 is 23.5 Å². The third-order valence-electron chi connectivity index (χ3n) is 4.73. The van der Waals surface area contributed by atoms with Crippen molar-refractivity contribution in [1.82, 2.24) is 4.90 Å². The minimum Gasteiger partial charge on any atom is -0.480 e. The molecule has 1 saturated heterocycles. The number of carbonyl (C=O) groups excluding carboxylic acids is 1. The first-order chi connectivity index (χ1) is 14.9. The Kier molecular flexibility index (Phi) is 6.01. The van der Waals surface area contributed by atoms with Crippen LogP contribution in [0.25, 0.3) is 17.4 Å². The molecule has 0 aliphatic carbocycles. The summed E-state index contributed by atoms with van der Waals surface area (Å²) in [6.45, 7) is 0. The van der Waals surface area contributed by atoms with E-state index < -0.39 is 23.7 Å². The topological polar surface area (TPSA) is 70.8 Å². The summed E-state index contributed by atoms with van der Waals surface area (Å²) in [5.74, 6) is -1.38. The molecule has 1 fully saturated rings. The first-order valence-electron chi connectivity index (χ1n) is 9.32. The number of furan rings is 1. The van der Waals surface area contributed by atoms with Crippen LogP contribution in [-0.2, 0) is 16.0 Å². The van der Waals surface area contributed by atoms with E-state index in [1.807, 2.05) is 18.2 Å². The molecule has 31 heavy (non-hydrogen) atoms. The number of thioether (sulfide) groups is 1. The largest absolute Gasteiger partial charge is 0.480 e. The van der Waals surface area contributed by atoms with Gasteiger partial charge in [-0.25, -0.2) is 9.18 Å². The SMILES string of the molecule is O=C(O)[C@H](Cc1ccccc1)N1C(=O)/C(=C\c2ccc(-c3ccccc3F)o2)SC1=S. The summed E-state index contributed by atoms with van der Waals surface area (Å²) in [7, 11) is 0. The minimum atomic E-state index is -1.14. The molecule has 3 aromatic rings. The maximum Gasteiger partial charge on any atom is 0.327 e. The second kappa shape index (κ2) is 8.87. The number of hydrogen-bond acceptors (Lipinski definition) is 5. The van der Waals surface area contributed by atoms with Gasteiger partial charge in [0.05, 0.1) is 10.5 Å². The average molecular weight is 454 g/mol. The zero-order chi connectivity index (χ0) is 22.0. The van der Waals surface area contributed by atoms with E-state index in [-0.39, 0.29) is 15.6 Å². The Bertz CT molecular complexity index is 1190. The van der Waals surface area contributed by atoms with Gasteiger partial charge in [-0.05, 0) is 29.8 Å². The van der Waals surface area contributed by atoms with Crippen molar-refractivity contribution in [2.24, 2.45) is 0 Å². The van der Waals surface area contributed by atoms with Crippen LogP contribution in [0.3, 0.4) is 0 Å². The monoisotopic (exact) mass is 453 g/mol. The molecule has 2 heterocycles. The van der Waals surface area contributed by atoms with Gasteiger partial charge in [0.15, 0.2) is 0 Å². The quantitative estimate of drug-likeness (QED) is 0.419. The lowest BCUT2D eigenvalue weighted by molar-refractivity contribution is -0.145. The zero-order valence-corrected chi connectivity index (χ0v) is 17.7. The van der Waals surface area contributed by atoms with E-state index in [1.54, 1.807) is 42.5 Å². The Morgan fingerprint density at radius 2 is 1.84 bits per heavy atom. The van der Waals surface area contributed by atoms with E-state index in [2.05, 4.69) is 0 Å². The van der Waals surface area contributed by atoms with E-state index in [4.69, 9.17) is 16.6 Å². The Labute approximate surface area is 187 Å². The number of aliphatic carboxylic acids is 1. The van der Waals surface area contributed by atoms with Gasteiger partial charge in [0.1, 0.15) is 27.7 Å². The first kappa shape index (κ1) is 21.0. The molecule has 1 atom stereocenters. The second-order valence-electron chi connectivity index (χ2n) is 6.78. The first-order valence-corrected chi connectivity index (χ1v) is 10.5. The molecule has 0 saturated carbocycles. The number of benzene rings is 2. The number of nitrogens with zero attached hydrogens (tertiary/aromatic N) is 1. The summed E-state index contributed by atoms with van der Waals surface area (Å²) < 4.78 is 19.8. The number of carboxylic acid groups (broad SMARTS) is 1. The molecule has 0 unspecified atom stereocenters. The van der Waals surface area contributed by atoms with Crippen LogP contribution >= 0.6 is 24.0 Å². The average Bonchev–Trinajstić information content (AvgIpc) is 3.32. The smallest absolute Gasteiger partial charge is 0.327 e. The Balaban J connectivity index is 1.58. The van der Waals surface area contributed by atoms with E-state index in [1.165, 1.54) is 12.1 Å². The Hall–Kier alpha value is -3.23. The third-order valence-corrected chi connectivity index (χ3v) is 6.06. The van der Waals surface area contributed by atoms with Crippen molar-refractivity contribution in [2.45, 2.75) is 12.5 Å². The van der Waals surface area contributed by atoms with Gasteiger partial charge >= 0.3 is 5.97 Å². The molecule has 0 bridgehead atoms. The predicted octanol–water partition coefficient (Wildman–Crippen LogP) is 4.98. The Morgan fingerprint density at radius 3 is 2.55 bits per heavy atom.